The van der Waals surface area contributed by atoms with Gasteiger partial charge in [-0.3, -0.25) is 0 Å². The lowest BCUT2D eigenvalue weighted by molar-refractivity contribution is 0.660. The fourth-order valence-electron chi connectivity index (χ4n) is 7.03. The molecule has 8 rings (SSSR count). The molecule has 0 aliphatic heterocycles. The summed E-state index contributed by atoms with van der Waals surface area (Å²) in [5.41, 5.74) is 10.6. The van der Waals surface area contributed by atoms with Crippen molar-refractivity contribution in [3.63, 3.8) is 0 Å². The van der Waals surface area contributed by atoms with Crippen molar-refractivity contribution in [2.24, 2.45) is 0 Å². The second-order valence-corrected chi connectivity index (χ2v) is 11.3. The van der Waals surface area contributed by atoms with Crippen LogP contribution in [0.1, 0.15) is 25.0 Å². The maximum Gasteiger partial charge on any atom is 0.0159 e. The molecule has 1 aliphatic carbocycles. The Hall–Kier alpha value is -4.68. The molecule has 0 amide bonds. The third kappa shape index (κ3) is 3.12. The number of hydrogen-bond donors (Lipinski definition) is 0. The molecule has 0 nitrogen and oxygen atoms in total. The van der Waals surface area contributed by atoms with Gasteiger partial charge >= 0.3 is 0 Å². The Balaban J connectivity index is 1.55. The van der Waals surface area contributed by atoms with Crippen molar-refractivity contribution in [2.75, 3.05) is 0 Å². The average Bonchev–Trinajstić information content (AvgIpc) is 3.24. The van der Waals surface area contributed by atoms with Crippen molar-refractivity contribution in [2.45, 2.75) is 19.3 Å². The lowest BCUT2D eigenvalue weighted by Crippen LogP contribution is -2.14. The van der Waals surface area contributed by atoms with Crippen LogP contribution >= 0.6 is 0 Å². The van der Waals surface area contributed by atoms with Crippen LogP contribution in [0.2, 0.25) is 0 Å². The van der Waals surface area contributed by atoms with E-state index in [1.54, 1.807) is 0 Å². The van der Waals surface area contributed by atoms with Crippen molar-refractivity contribution >= 4 is 32.3 Å². The van der Waals surface area contributed by atoms with E-state index in [9.17, 15) is 0 Å². The molecule has 7 aromatic carbocycles. The highest BCUT2D eigenvalue weighted by atomic mass is 14.4. The Morgan fingerprint density at radius 2 is 0.949 bits per heavy atom. The maximum atomic E-state index is 2.44. The van der Waals surface area contributed by atoms with Gasteiger partial charge in [0.05, 0.1) is 0 Å². The molecular weight excluding hydrogens is 468 g/mol. The van der Waals surface area contributed by atoms with Crippen LogP contribution in [0.4, 0.5) is 0 Å². The van der Waals surface area contributed by atoms with Gasteiger partial charge in [0.1, 0.15) is 0 Å². The van der Waals surface area contributed by atoms with E-state index in [0.717, 1.165) is 0 Å². The molecule has 39 heavy (non-hydrogen) atoms. The molecular formula is C39H28. The van der Waals surface area contributed by atoms with E-state index in [0.29, 0.717) is 0 Å². The molecule has 7 aromatic rings. The number of fused-ring (bicyclic) bond motifs is 9. The van der Waals surface area contributed by atoms with Crippen LogP contribution in [0.5, 0.6) is 0 Å². The lowest BCUT2D eigenvalue weighted by Gasteiger charge is -2.22. The molecule has 0 saturated carbocycles. The SMILES string of the molecule is CC1(C)c2ccccc2-c2c(-c3cc(-c4ccccc4)c4c5ccccc5c5ccccc5c4c3)cccc21. The predicted octanol–water partition coefficient (Wildman–Crippen LogP) is 10.8. The van der Waals surface area contributed by atoms with Gasteiger partial charge in [0.15, 0.2) is 0 Å². The van der Waals surface area contributed by atoms with Crippen LogP contribution in [0.3, 0.4) is 0 Å². The van der Waals surface area contributed by atoms with Crippen molar-refractivity contribution in [1.82, 2.24) is 0 Å². The van der Waals surface area contributed by atoms with Gasteiger partial charge in [-0.1, -0.05) is 135 Å². The van der Waals surface area contributed by atoms with Gasteiger partial charge in [-0.15, -0.1) is 0 Å². The van der Waals surface area contributed by atoms with E-state index in [1.165, 1.54) is 76.8 Å². The van der Waals surface area contributed by atoms with Crippen molar-refractivity contribution in [3.05, 3.63) is 145 Å². The van der Waals surface area contributed by atoms with Crippen molar-refractivity contribution in [3.8, 4) is 33.4 Å². The molecule has 0 unspecified atom stereocenters. The zero-order chi connectivity index (χ0) is 26.1. The first-order chi connectivity index (χ1) is 19.1. The molecule has 0 bridgehead atoms. The van der Waals surface area contributed by atoms with Gasteiger partial charge in [-0.25, -0.2) is 0 Å². The van der Waals surface area contributed by atoms with Gasteiger partial charge in [0.25, 0.3) is 0 Å². The predicted molar refractivity (Wildman–Crippen MR) is 167 cm³/mol. The molecule has 0 radical (unpaired) electrons. The van der Waals surface area contributed by atoms with Crippen LogP contribution in [-0.4, -0.2) is 0 Å². The van der Waals surface area contributed by atoms with E-state index in [4.69, 9.17) is 0 Å². The van der Waals surface area contributed by atoms with Crippen molar-refractivity contribution < 1.29 is 0 Å². The monoisotopic (exact) mass is 496 g/mol. The fraction of sp³-hybridized carbons (Fsp3) is 0.0769. The highest BCUT2D eigenvalue weighted by Gasteiger charge is 2.36. The molecule has 0 atom stereocenters. The zero-order valence-corrected chi connectivity index (χ0v) is 22.2. The normalized spacial score (nSPS) is 13.6. The van der Waals surface area contributed by atoms with Crippen LogP contribution in [0.25, 0.3) is 65.7 Å². The minimum atomic E-state index is -0.0239. The summed E-state index contributed by atoms with van der Waals surface area (Å²) in [6.45, 7) is 4.72. The van der Waals surface area contributed by atoms with Crippen LogP contribution < -0.4 is 0 Å². The van der Waals surface area contributed by atoms with Crippen LogP contribution in [0, 0.1) is 0 Å². The first-order valence-corrected chi connectivity index (χ1v) is 13.8. The first-order valence-electron chi connectivity index (χ1n) is 13.8. The summed E-state index contributed by atoms with van der Waals surface area (Å²) in [6, 6.07) is 49.4. The summed E-state index contributed by atoms with van der Waals surface area (Å²) in [5, 5.41) is 7.86. The minimum Gasteiger partial charge on any atom is -0.0622 e. The third-order valence-corrected chi connectivity index (χ3v) is 8.85. The largest absolute Gasteiger partial charge is 0.0622 e. The minimum absolute atomic E-state index is 0.0239. The van der Waals surface area contributed by atoms with E-state index >= 15 is 0 Å². The van der Waals surface area contributed by atoms with Crippen LogP contribution in [0.15, 0.2) is 133 Å². The van der Waals surface area contributed by atoms with E-state index in [-0.39, 0.29) is 5.41 Å². The first kappa shape index (κ1) is 22.3. The summed E-state index contributed by atoms with van der Waals surface area (Å²) in [4.78, 5) is 0. The van der Waals surface area contributed by atoms with E-state index in [1.807, 2.05) is 0 Å². The molecule has 0 fully saturated rings. The molecule has 0 heteroatoms. The standard InChI is InChI=1S/C39H28/c1-39(2)35-21-11-10-19-32(35)38-27(20-12-22-36(38)39)26-23-33(25-13-4-3-5-14-25)37-31-18-9-8-16-29(31)28-15-6-7-17-30(28)34(37)24-26/h3-24H,1-2H3. The maximum absolute atomic E-state index is 2.44. The number of rotatable bonds is 2. The lowest BCUT2D eigenvalue weighted by atomic mass is 9.81. The summed E-state index contributed by atoms with van der Waals surface area (Å²) in [6.07, 6.45) is 0. The van der Waals surface area contributed by atoms with E-state index in [2.05, 4.69) is 147 Å². The van der Waals surface area contributed by atoms with Gasteiger partial charge < -0.3 is 0 Å². The zero-order valence-electron chi connectivity index (χ0n) is 22.2. The second-order valence-electron chi connectivity index (χ2n) is 11.3. The Morgan fingerprint density at radius 1 is 0.385 bits per heavy atom. The number of benzene rings is 7. The van der Waals surface area contributed by atoms with Gasteiger partial charge in [-0.2, -0.15) is 0 Å². The molecule has 0 aromatic heterocycles. The van der Waals surface area contributed by atoms with Gasteiger partial charge in [-0.05, 0) is 89.0 Å². The molecule has 0 heterocycles. The Kier molecular flexibility index (Phi) is 4.67. The fourth-order valence-corrected chi connectivity index (χ4v) is 7.03. The summed E-state index contributed by atoms with van der Waals surface area (Å²) in [7, 11) is 0. The Morgan fingerprint density at radius 3 is 1.72 bits per heavy atom. The third-order valence-electron chi connectivity index (χ3n) is 8.85. The molecule has 0 saturated heterocycles. The molecule has 0 N–H and O–H groups in total. The summed E-state index contributed by atoms with van der Waals surface area (Å²) in [5.74, 6) is 0. The summed E-state index contributed by atoms with van der Waals surface area (Å²) < 4.78 is 0. The van der Waals surface area contributed by atoms with E-state index < -0.39 is 0 Å². The van der Waals surface area contributed by atoms with Crippen LogP contribution in [-0.2, 0) is 5.41 Å². The Bertz CT molecular complexity index is 2080. The number of hydrogen-bond acceptors (Lipinski definition) is 0. The van der Waals surface area contributed by atoms with Gasteiger partial charge in [0, 0.05) is 5.41 Å². The second kappa shape index (κ2) is 8.16. The molecule has 1 aliphatic rings. The van der Waals surface area contributed by atoms with Crippen molar-refractivity contribution in [1.29, 1.82) is 0 Å². The van der Waals surface area contributed by atoms with Gasteiger partial charge in [0.2, 0.25) is 0 Å². The molecule has 184 valence electrons. The topological polar surface area (TPSA) is 0 Å². The average molecular weight is 497 g/mol. The Labute approximate surface area is 229 Å². The smallest absolute Gasteiger partial charge is 0.0159 e. The highest BCUT2D eigenvalue weighted by Crippen LogP contribution is 2.53. The molecule has 0 spiro atoms. The highest BCUT2D eigenvalue weighted by molar-refractivity contribution is 6.29. The quantitative estimate of drug-likeness (QED) is 0.209. The summed E-state index contributed by atoms with van der Waals surface area (Å²) >= 11 is 0.